The molecule has 17 atom stereocenters. The number of ether oxygens (including phenoxy) is 7. The van der Waals surface area contributed by atoms with Crippen molar-refractivity contribution in [2.75, 3.05) is 0 Å². The van der Waals surface area contributed by atoms with Crippen molar-refractivity contribution in [1.82, 2.24) is 0 Å². The number of aliphatic hydroxyl groups excluding tert-OH is 6. The van der Waals surface area contributed by atoms with Crippen molar-refractivity contribution >= 4 is 5.78 Å². The molecule has 0 aromatic heterocycles. The summed E-state index contributed by atoms with van der Waals surface area (Å²) in [5.41, 5.74) is 0. The van der Waals surface area contributed by atoms with Gasteiger partial charge >= 0.3 is 0 Å². The lowest BCUT2D eigenvalue weighted by Crippen LogP contribution is -2.65. The van der Waals surface area contributed by atoms with Gasteiger partial charge in [0.2, 0.25) is 0 Å². The molecular formula is C25H40O14. The number of hydrogen-bond donors (Lipinski definition) is 6. The highest BCUT2D eigenvalue weighted by Crippen LogP contribution is 2.33. The third kappa shape index (κ3) is 6.38. The van der Waals surface area contributed by atoms with Crippen LogP contribution in [0.2, 0.25) is 0 Å². The van der Waals surface area contributed by atoms with E-state index in [0.717, 1.165) is 0 Å². The van der Waals surface area contributed by atoms with E-state index in [1.54, 1.807) is 20.8 Å². The average molecular weight is 565 g/mol. The first kappa shape index (κ1) is 30.8. The molecule has 4 rings (SSSR count). The maximum atomic E-state index is 11.7. The molecular weight excluding hydrogens is 524 g/mol. The first-order chi connectivity index (χ1) is 18.3. The Kier molecular flexibility index (Phi) is 9.81. The summed E-state index contributed by atoms with van der Waals surface area (Å²) in [5.74, 6) is -0.254. The number of aliphatic hydroxyl groups is 6. The quantitative estimate of drug-likeness (QED) is 0.197. The first-order valence-electron chi connectivity index (χ1n) is 13.2. The highest BCUT2D eigenvalue weighted by Gasteiger charge is 2.52. The molecule has 0 radical (unpaired) electrons. The molecule has 14 heteroatoms. The predicted molar refractivity (Wildman–Crippen MR) is 128 cm³/mol. The Balaban J connectivity index is 1.47. The molecule has 6 N–H and O–H groups in total. The molecule has 3 saturated heterocycles. The monoisotopic (exact) mass is 564 g/mol. The predicted octanol–water partition coefficient (Wildman–Crippen LogP) is -2.53. The van der Waals surface area contributed by atoms with Crippen molar-refractivity contribution in [2.45, 2.75) is 139 Å². The van der Waals surface area contributed by atoms with Gasteiger partial charge in [0, 0.05) is 0 Å². The van der Waals surface area contributed by atoms with Crippen LogP contribution in [0.25, 0.3) is 0 Å². The Morgan fingerprint density at radius 2 is 0.949 bits per heavy atom. The zero-order valence-corrected chi connectivity index (χ0v) is 22.4. The molecule has 4 heterocycles. The van der Waals surface area contributed by atoms with Crippen molar-refractivity contribution in [3.8, 4) is 0 Å². The van der Waals surface area contributed by atoms with Crippen LogP contribution in [-0.2, 0) is 38.0 Å². The number of carbonyl (C=O) groups excluding carboxylic acids is 1. The van der Waals surface area contributed by atoms with Crippen LogP contribution in [0.5, 0.6) is 0 Å². The van der Waals surface area contributed by atoms with Crippen LogP contribution < -0.4 is 0 Å². The van der Waals surface area contributed by atoms with E-state index < -0.39 is 104 Å². The van der Waals surface area contributed by atoms with E-state index in [2.05, 4.69) is 0 Å². The molecule has 0 aromatic rings. The van der Waals surface area contributed by atoms with E-state index in [1.165, 1.54) is 26.0 Å². The lowest BCUT2D eigenvalue weighted by atomic mass is 9.95. The van der Waals surface area contributed by atoms with Crippen molar-refractivity contribution in [3.63, 3.8) is 0 Å². The molecule has 9 unspecified atom stereocenters. The summed E-state index contributed by atoms with van der Waals surface area (Å²) in [4.78, 5) is 11.7. The Morgan fingerprint density at radius 1 is 0.564 bits per heavy atom. The highest BCUT2D eigenvalue weighted by atomic mass is 16.7. The van der Waals surface area contributed by atoms with Gasteiger partial charge in [0.15, 0.2) is 24.7 Å². The maximum Gasteiger partial charge on any atom is 0.187 e. The molecule has 0 amide bonds. The summed E-state index contributed by atoms with van der Waals surface area (Å²) in [6.45, 7) is 7.80. The minimum atomic E-state index is -1.64. The van der Waals surface area contributed by atoms with Gasteiger partial charge in [-0.1, -0.05) is 0 Å². The normalized spacial score (nSPS) is 53.1. The summed E-state index contributed by atoms with van der Waals surface area (Å²) in [5, 5.41) is 64.5. The van der Waals surface area contributed by atoms with Gasteiger partial charge in [-0.15, -0.1) is 0 Å². The van der Waals surface area contributed by atoms with Crippen molar-refractivity contribution in [1.29, 1.82) is 0 Å². The summed E-state index contributed by atoms with van der Waals surface area (Å²) in [6, 6.07) is 0. The fourth-order valence-corrected chi connectivity index (χ4v) is 5.10. The number of carbonyl (C=O) groups is 1. The molecule has 39 heavy (non-hydrogen) atoms. The number of rotatable bonds is 6. The fraction of sp³-hybridized carbons (Fsp3) is 0.880. The van der Waals surface area contributed by atoms with Crippen LogP contribution in [0.4, 0.5) is 0 Å². The molecule has 0 aromatic carbocycles. The summed E-state index contributed by atoms with van der Waals surface area (Å²) < 4.78 is 39.6. The second-order valence-corrected chi connectivity index (χ2v) is 10.6. The second-order valence-electron chi connectivity index (χ2n) is 10.6. The Bertz CT molecular complexity index is 858. The van der Waals surface area contributed by atoms with Crippen LogP contribution in [0, 0.1) is 0 Å². The molecule has 14 nitrogen and oxygen atoms in total. The lowest BCUT2D eigenvalue weighted by Gasteiger charge is -2.48. The van der Waals surface area contributed by atoms with E-state index in [9.17, 15) is 35.4 Å². The second kappa shape index (κ2) is 12.4. The third-order valence-corrected chi connectivity index (χ3v) is 7.66. The van der Waals surface area contributed by atoms with Gasteiger partial charge in [0.25, 0.3) is 0 Å². The zero-order chi connectivity index (χ0) is 28.8. The van der Waals surface area contributed by atoms with Gasteiger partial charge in [-0.3, -0.25) is 4.79 Å². The maximum absolute atomic E-state index is 11.7. The largest absolute Gasteiger partial charge is 0.388 e. The van der Waals surface area contributed by atoms with Gasteiger partial charge in [0.1, 0.15) is 61.0 Å². The summed E-state index contributed by atoms with van der Waals surface area (Å²) in [7, 11) is 0. The molecule has 224 valence electrons. The van der Waals surface area contributed by atoms with Crippen LogP contribution in [-0.4, -0.2) is 141 Å². The van der Waals surface area contributed by atoms with Crippen LogP contribution in [0.1, 0.15) is 34.6 Å². The number of hydrogen-bond acceptors (Lipinski definition) is 14. The van der Waals surface area contributed by atoms with E-state index in [0.29, 0.717) is 0 Å². The smallest absolute Gasteiger partial charge is 0.187 e. The van der Waals surface area contributed by atoms with Gasteiger partial charge in [-0.2, -0.15) is 0 Å². The first-order valence-corrected chi connectivity index (χ1v) is 13.2. The number of ketones is 1. The van der Waals surface area contributed by atoms with Gasteiger partial charge < -0.3 is 63.8 Å². The minimum absolute atomic E-state index is 0.254. The summed E-state index contributed by atoms with van der Waals surface area (Å²) >= 11 is 0. The minimum Gasteiger partial charge on any atom is -0.388 e. The summed E-state index contributed by atoms with van der Waals surface area (Å²) in [6.07, 6.45) is -17.5. The van der Waals surface area contributed by atoms with Crippen molar-refractivity contribution in [2.24, 2.45) is 0 Å². The van der Waals surface area contributed by atoms with Gasteiger partial charge in [0.05, 0.1) is 24.4 Å². The van der Waals surface area contributed by atoms with E-state index in [-0.39, 0.29) is 5.78 Å². The van der Waals surface area contributed by atoms with Crippen LogP contribution in [0.15, 0.2) is 12.2 Å². The lowest BCUT2D eigenvalue weighted by molar-refractivity contribution is -0.373. The Hall–Kier alpha value is -1.11. The van der Waals surface area contributed by atoms with E-state index in [1.807, 2.05) is 0 Å². The van der Waals surface area contributed by atoms with E-state index >= 15 is 0 Å². The zero-order valence-electron chi connectivity index (χ0n) is 22.4. The molecule has 0 saturated carbocycles. The highest BCUT2D eigenvalue weighted by molar-refractivity contribution is 5.93. The topological polar surface area (TPSA) is 203 Å². The van der Waals surface area contributed by atoms with Crippen LogP contribution in [0.3, 0.4) is 0 Å². The molecule has 3 fully saturated rings. The van der Waals surface area contributed by atoms with Crippen molar-refractivity contribution in [3.05, 3.63) is 12.2 Å². The molecule has 4 aliphatic rings. The van der Waals surface area contributed by atoms with E-state index in [4.69, 9.17) is 33.2 Å². The molecule has 0 spiro atoms. The van der Waals surface area contributed by atoms with Crippen molar-refractivity contribution < 1.29 is 68.6 Å². The Morgan fingerprint density at radius 3 is 1.38 bits per heavy atom. The third-order valence-electron chi connectivity index (χ3n) is 7.66. The molecule has 4 aliphatic heterocycles. The fourth-order valence-electron chi connectivity index (χ4n) is 5.10. The SMILES string of the molecule is CC1OC(O[C@@H]2[C@H](O)C(O[C@@H]3[C@H](O)C(OC4[C@H](O)C(C)OC(C)[C@@H]4O)OC(C)[C@@H]3O)OC(C)[C@@H]2O)C=CC1=O. The van der Waals surface area contributed by atoms with Crippen LogP contribution >= 0.6 is 0 Å². The van der Waals surface area contributed by atoms with Gasteiger partial charge in [-0.05, 0) is 46.8 Å². The average Bonchev–Trinajstić information content (AvgIpc) is 2.89. The van der Waals surface area contributed by atoms with Gasteiger partial charge in [-0.25, -0.2) is 0 Å². The molecule has 0 aliphatic carbocycles. The standard InChI is InChI=1S/C25H40O14/c1-8-13(26)6-7-14(34-8)37-22-17(29)11(4)35-24(19(22)31)39-23-18(30)12(5)36-25(20(23)32)38-21-15(27)9(2)33-10(3)16(21)28/h6-12,14-25,27-32H,1-5H3/t8?,9?,10?,11?,12?,14?,15-,16+,17-,18-,19-,20-,21?,22-,23-,24?,25?/m0/s1. The Labute approximate surface area is 226 Å². The molecule has 0 bridgehead atoms.